The molecule has 2 N–H and O–H groups in total. The maximum Gasteiger partial charge on any atom is 0.159 e. The number of hydrogen-bond acceptors (Lipinski definition) is 2. The molecule has 0 amide bonds. The average Bonchev–Trinajstić information content (AvgIpc) is 2.04. The van der Waals surface area contributed by atoms with Crippen molar-refractivity contribution in [2.75, 3.05) is 0 Å². The molecule has 0 fully saturated rings. The number of Topliss-reactive ketones (excluding diaryl/α,β-unsaturated/α-hetero) is 1. The van der Waals surface area contributed by atoms with Crippen molar-refractivity contribution in [3.05, 3.63) is 35.4 Å². The molecule has 0 spiro atoms. The number of carbonyl (C=O) groups excluding carboxylic acids is 1. The summed E-state index contributed by atoms with van der Waals surface area (Å²) in [5.74, 6) is 0.0866. The molecule has 0 heterocycles. The number of ketones is 1. The summed E-state index contributed by atoms with van der Waals surface area (Å²) in [6, 6.07) is 7.37. The fourth-order valence-corrected chi connectivity index (χ4v) is 1.32. The number of rotatable bonds is 2. The van der Waals surface area contributed by atoms with Crippen molar-refractivity contribution in [3.63, 3.8) is 0 Å². The fourth-order valence-electron chi connectivity index (χ4n) is 0.902. The minimum absolute atomic E-state index is 0.00334. The maximum atomic E-state index is 10.9. The zero-order valence-corrected chi connectivity index (χ0v) is 8.91. The highest BCUT2D eigenvalue weighted by atomic mass is 127. The van der Waals surface area contributed by atoms with Gasteiger partial charge in [0.2, 0.25) is 0 Å². The third-order valence-electron chi connectivity index (χ3n) is 1.64. The smallest absolute Gasteiger partial charge is 0.159 e. The quantitative estimate of drug-likeness (QED) is 0.389. The zero-order valence-electron chi connectivity index (χ0n) is 6.75. The van der Waals surface area contributed by atoms with Crippen molar-refractivity contribution in [1.29, 1.82) is 0 Å². The Balaban J connectivity index is 2.93. The van der Waals surface area contributed by atoms with Crippen molar-refractivity contribution in [1.82, 2.24) is 0 Å². The van der Waals surface area contributed by atoms with Gasteiger partial charge >= 0.3 is 0 Å². The molecule has 0 aromatic heterocycles. The first-order chi connectivity index (χ1) is 5.61. The molecule has 64 valence electrons. The number of alkyl halides is 1. The predicted molar refractivity (Wildman–Crippen MR) is 57.4 cm³/mol. The Morgan fingerprint density at radius 3 is 2.25 bits per heavy atom. The average molecular weight is 275 g/mol. The summed E-state index contributed by atoms with van der Waals surface area (Å²) in [4.78, 5) is 10.9. The van der Waals surface area contributed by atoms with Gasteiger partial charge in [0.1, 0.15) is 0 Å². The van der Waals surface area contributed by atoms with Crippen LogP contribution in [0.5, 0.6) is 0 Å². The van der Waals surface area contributed by atoms with Gasteiger partial charge in [-0.1, -0.05) is 46.9 Å². The number of nitrogens with two attached hydrogens (primary N) is 1. The Labute approximate surface area is 85.3 Å². The number of hydrogen-bond donors (Lipinski definition) is 1. The summed E-state index contributed by atoms with van der Waals surface area (Å²) < 4.78 is 0.00334. The highest BCUT2D eigenvalue weighted by molar-refractivity contribution is 14.1. The van der Waals surface area contributed by atoms with Gasteiger partial charge in [0, 0.05) is 5.56 Å². The molecule has 12 heavy (non-hydrogen) atoms. The lowest BCUT2D eigenvalue weighted by Gasteiger charge is -2.03. The fraction of sp³-hybridized carbons (Fsp3) is 0.222. The van der Waals surface area contributed by atoms with Crippen LogP contribution in [0.15, 0.2) is 24.3 Å². The zero-order chi connectivity index (χ0) is 9.14. The van der Waals surface area contributed by atoms with Crippen LogP contribution >= 0.6 is 22.6 Å². The van der Waals surface area contributed by atoms with E-state index in [-0.39, 0.29) is 9.83 Å². The van der Waals surface area contributed by atoms with Crippen LogP contribution in [-0.4, -0.2) is 5.78 Å². The second-order valence-corrected chi connectivity index (χ2v) is 3.92. The van der Waals surface area contributed by atoms with Gasteiger partial charge in [-0.05, 0) is 12.5 Å². The lowest BCUT2D eigenvalue weighted by molar-refractivity contribution is 0.101. The molecule has 2 nitrogen and oxygen atoms in total. The molecular formula is C9H10INO. The first-order valence-electron chi connectivity index (χ1n) is 3.62. The van der Waals surface area contributed by atoms with Crippen LogP contribution in [0.4, 0.5) is 0 Å². The van der Waals surface area contributed by atoms with Crippen molar-refractivity contribution < 1.29 is 4.79 Å². The molecule has 1 atom stereocenters. The van der Waals surface area contributed by atoms with E-state index in [1.807, 2.05) is 12.1 Å². The number of halogens is 1. The molecule has 0 aliphatic rings. The van der Waals surface area contributed by atoms with E-state index in [1.165, 1.54) is 0 Å². The lowest BCUT2D eigenvalue weighted by atomic mass is 10.1. The van der Waals surface area contributed by atoms with Crippen LogP contribution in [-0.2, 0) is 0 Å². The van der Waals surface area contributed by atoms with Crippen molar-refractivity contribution in [2.45, 2.75) is 11.0 Å². The molecule has 1 aromatic carbocycles. The molecule has 1 aromatic rings. The molecule has 0 radical (unpaired) electrons. The molecule has 3 heteroatoms. The third-order valence-corrected chi connectivity index (χ3v) is 2.35. The second kappa shape index (κ2) is 4.00. The van der Waals surface area contributed by atoms with E-state index in [9.17, 15) is 4.79 Å². The summed E-state index contributed by atoms with van der Waals surface area (Å²) in [5.41, 5.74) is 7.42. The van der Waals surface area contributed by atoms with Crippen LogP contribution in [0.2, 0.25) is 0 Å². The second-order valence-electron chi connectivity index (χ2n) is 2.58. The lowest BCUT2D eigenvalue weighted by Crippen LogP contribution is -2.01. The van der Waals surface area contributed by atoms with Gasteiger partial charge in [-0.3, -0.25) is 4.79 Å². The van der Waals surface area contributed by atoms with E-state index in [1.54, 1.807) is 19.1 Å². The molecule has 0 aliphatic heterocycles. The summed E-state index contributed by atoms with van der Waals surface area (Å²) in [6.45, 7) is 1.55. The van der Waals surface area contributed by atoms with Gasteiger partial charge < -0.3 is 5.73 Å². The SMILES string of the molecule is CC(=O)c1ccc(C(N)I)cc1. The van der Waals surface area contributed by atoms with E-state index < -0.39 is 0 Å². The van der Waals surface area contributed by atoms with Crippen LogP contribution in [0.1, 0.15) is 26.9 Å². The van der Waals surface area contributed by atoms with Crippen LogP contribution in [0, 0.1) is 0 Å². The van der Waals surface area contributed by atoms with Crippen molar-refractivity contribution in [2.24, 2.45) is 5.73 Å². The molecule has 0 saturated heterocycles. The Morgan fingerprint density at radius 2 is 1.92 bits per heavy atom. The summed E-state index contributed by atoms with van der Waals surface area (Å²) in [5, 5.41) is 0. The Hall–Kier alpha value is -0.420. The number of benzene rings is 1. The first kappa shape index (κ1) is 9.67. The summed E-state index contributed by atoms with van der Waals surface area (Å²) >= 11 is 2.13. The predicted octanol–water partition coefficient (Wildman–Crippen LogP) is 2.28. The largest absolute Gasteiger partial charge is 0.316 e. The first-order valence-corrected chi connectivity index (χ1v) is 4.86. The van der Waals surface area contributed by atoms with Gasteiger partial charge in [0.05, 0.1) is 4.05 Å². The van der Waals surface area contributed by atoms with Gasteiger partial charge in [0.15, 0.2) is 5.78 Å². The topological polar surface area (TPSA) is 43.1 Å². The molecule has 0 aliphatic carbocycles. The maximum absolute atomic E-state index is 10.9. The van der Waals surface area contributed by atoms with Crippen molar-refractivity contribution >= 4 is 28.4 Å². The minimum Gasteiger partial charge on any atom is -0.316 e. The van der Waals surface area contributed by atoms with E-state index in [0.29, 0.717) is 0 Å². The molecule has 0 bridgehead atoms. The van der Waals surface area contributed by atoms with E-state index >= 15 is 0 Å². The minimum atomic E-state index is 0.00334. The van der Waals surface area contributed by atoms with Gasteiger partial charge in [0.25, 0.3) is 0 Å². The number of carbonyl (C=O) groups is 1. The molecule has 1 unspecified atom stereocenters. The highest BCUT2D eigenvalue weighted by Gasteiger charge is 2.01. The van der Waals surface area contributed by atoms with Crippen LogP contribution in [0.25, 0.3) is 0 Å². The van der Waals surface area contributed by atoms with Crippen LogP contribution < -0.4 is 5.73 Å². The Kier molecular flexibility index (Phi) is 3.22. The summed E-state index contributed by atoms with van der Waals surface area (Å²) in [7, 11) is 0. The van der Waals surface area contributed by atoms with Crippen LogP contribution in [0.3, 0.4) is 0 Å². The Bertz CT molecular complexity index is 279. The van der Waals surface area contributed by atoms with Gasteiger partial charge in [-0.25, -0.2) is 0 Å². The third kappa shape index (κ3) is 2.28. The van der Waals surface area contributed by atoms with Gasteiger partial charge in [-0.2, -0.15) is 0 Å². The summed E-state index contributed by atoms with van der Waals surface area (Å²) in [6.07, 6.45) is 0. The molecular weight excluding hydrogens is 265 g/mol. The van der Waals surface area contributed by atoms with Crippen molar-refractivity contribution in [3.8, 4) is 0 Å². The normalized spacial score (nSPS) is 12.6. The standard InChI is InChI=1S/C9H10INO/c1-6(12)7-2-4-8(5-3-7)9(10)11/h2-5,9H,11H2,1H3. The van der Waals surface area contributed by atoms with E-state index in [2.05, 4.69) is 22.6 Å². The monoisotopic (exact) mass is 275 g/mol. The molecule has 1 rings (SSSR count). The molecule has 0 saturated carbocycles. The van der Waals surface area contributed by atoms with Gasteiger partial charge in [-0.15, -0.1) is 0 Å². The highest BCUT2D eigenvalue weighted by Crippen LogP contribution is 2.17. The van der Waals surface area contributed by atoms with E-state index in [4.69, 9.17) is 5.73 Å². The Morgan fingerprint density at radius 1 is 1.42 bits per heavy atom. The van der Waals surface area contributed by atoms with E-state index in [0.717, 1.165) is 11.1 Å².